The first-order valence-electron chi connectivity index (χ1n) is 6.42. The highest BCUT2D eigenvalue weighted by molar-refractivity contribution is 7.99. The number of rotatable bonds is 6. The molecule has 0 fully saturated rings. The predicted octanol–water partition coefficient (Wildman–Crippen LogP) is 2.63. The van der Waals surface area contributed by atoms with Crippen LogP contribution in [0.5, 0.6) is 5.75 Å². The van der Waals surface area contributed by atoms with E-state index < -0.39 is 6.10 Å². The van der Waals surface area contributed by atoms with Gasteiger partial charge in [0, 0.05) is 18.1 Å². The highest BCUT2D eigenvalue weighted by Gasteiger charge is 2.08. The van der Waals surface area contributed by atoms with Crippen LogP contribution < -0.4 is 4.74 Å². The van der Waals surface area contributed by atoms with Crippen molar-refractivity contribution >= 4 is 11.8 Å². The normalized spacial score (nSPS) is 12.2. The predicted molar refractivity (Wildman–Crippen MR) is 80.2 cm³/mol. The Morgan fingerprint density at radius 2 is 1.95 bits per heavy atom. The molecule has 0 bridgehead atoms. The van der Waals surface area contributed by atoms with E-state index in [4.69, 9.17) is 4.74 Å². The maximum Gasteiger partial charge on any atom is 0.187 e. The number of hydrogen-bond acceptors (Lipinski definition) is 5. The zero-order valence-electron chi connectivity index (χ0n) is 11.6. The Hall–Kier alpha value is -1.59. The van der Waals surface area contributed by atoms with Crippen molar-refractivity contribution in [1.29, 1.82) is 0 Å². The van der Waals surface area contributed by atoms with Crippen molar-refractivity contribution in [2.24, 2.45) is 0 Å². The molecule has 2 aromatic rings. The van der Waals surface area contributed by atoms with Crippen molar-refractivity contribution in [3.05, 3.63) is 47.8 Å². The zero-order chi connectivity index (χ0) is 14.4. The Morgan fingerprint density at radius 1 is 1.20 bits per heavy atom. The zero-order valence-corrected chi connectivity index (χ0v) is 12.4. The van der Waals surface area contributed by atoms with Gasteiger partial charge in [0.15, 0.2) is 5.16 Å². The number of benzene rings is 1. The smallest absolute Gasteiger partial charge is 0.187 e. The van der Waals surface area contributed by atoms with Crippen LogP contribution in [0.3, 0.4) is 0 Å². The topological polar surface area (TPSA) is 55.2 Å². The first-order valence-corrected chi connectivity index (χ1v) is 7.41. The molecule has 20 heavy (non-hydrogen) atoms. The second kappa shape index (κ2) is 7.26. The number of ether oxygens (including phenoxy) is 1. The molecule has 1 unspecified atom stereocenters. The molecule has 0 aliphatic heterocycles. The second-order valence-corrected chi connectivity index (χ2v) is 5.62. The van der Waals surface area contributed by atoms with E-state index in [1.807, 2.05) is 38.1 Å². The van der Waals surface area contributed by atoms with Crippen molar-refractivity contribution in [3.63, 3.8) is 0 Å². The van der Waals surface area contributed by atoms with Crippen LogP contribution in [0.15, 0.2) is 41.8 Å². The number of nitrogens with zero attached hydrogens (tertiary/aromatic N) is 2. The van der Waals surface area contributed by atoms with Crippen LogP contribution in [-0.4, -0.2) is 33.5 Å². The second-order valence-electron chi connectivity index (χ2n) is 4.64. The molecule has 0 saturated heterocycles. The maximum absolute atomic E-state index is 9.89. The molecule has 1 aromatic heterocycles. The minimum atomic E-state index is -0.551. The van der Waals surface area contributed by atoms with E-state index in [0.29, 0.717) is 10.9 Å². The Labute approximate surface area is 123 Å². The van der Waals surface area contributed by atoms with Gasteiger partial charge in [0.25, 0.3) is 0 Å². The third-order valence-corrected chi connectivity index (χ3v) is 3.61. The van der Waals surface area contributed by atoms with Crippen molar-refractivity contribution in [3.8, 4) is 5.75 Å². The molecule has 1 heterocycles. The van der Waals surface area contributed by atoms with Gasteiger partial charge in [-0.05, 0) is 37.1 Å². The van der Waals surface area contributed by atoms with Crippen LogP contribution in [0, 0.1) is 13.8 Å². The van der Waals surface area contributed by atoms with E-state index in [1.165, 1.54) is 11.8 Å². The lowest BCUT2D eigenvalue weighted by atomic mass is 10.2. The van der Waals surface area contributed by atoms with Crippen molar-refractivity contribution in [2.75, 3.05) is 12.4 Å². The van der Waals surface area contributed by atoms with Crippen LogP contribution in [0.25, 0.3) is 0 Å². The summed E-state index contributed by atoms with van der Waals surface area (Å²) in [6.45, 7) is 4.22. The van der Waals surface area contributed by atoms with Gasteiger partial charge in [-0.1, -0.05) is 23.9 Å². The largest absolute Gasteiger partial charge is 0.491 e. The average Bonchev–Trinajstić information content (AvgIpc) is 2.45. The quantitative estimate of drug-likeness (QED) is 0.654. The molecule has 0 saturated carbocycles. The van der Waals surface area contributed by atoms with Crippen molar-refractivity contribution < 1.29 is 9.84 Å². The van der Waals surface area contributed by atoms with Gasteiger partial charge in [-0.2, -0.15) is 0 Å². The molecule has 1 aromatic carbocycles. The summed E-state index contributed by atoms with van der Waals surface area (Å²) in [6, 6.07) is 7.78. The lowest BCUT2D eigenvalue weighted by molar-refractivity contribution is 0.126. The fourth-order valence-electron chi connectivity index (χ4n) is 1.57. The molecule has 0 spiro atoms. The number of aryl methyl sites for hydroxylation is 2. The highest BCUT2D eigenvalue weighted by Crippen LogP contribution is 2.15. The Bertz CT molecular complexity index is 546. The van der Waals surface area contributed by atoms with Gasteiger partial charge in [0.2, 0.25) is 0 Å². The van der Waals surface area contributed by atoms with Crippen molar-refractivity contribution in [2.45, 2.75) is 25.1 Å². The molecule has 5 heteroatoms. The molecule has 2 rings (SSSR count). The molecule has 4 nitrogen and oxygen atoms in total. The summed E-state index contributed by atoms with van der Waals surface area (Å²) in [4.78, 5) is 8.36. The molecule has 106 valence electrons. The Kier molecular flexibility index (Phi) is 5.38. The van der Waals surface area contributed by atoms with Crippen LogP contribution in [0.4, 0.5) is 0 Å². The fourth-order valence-corrected chi connectivity index (χ4v) is 2.26. The molecule has 0 radical (unpaired) electrons. The molecule has 0 amide bonds. The average molecular weight is 290 g/mol. The van der Waals surface area contributed by atoms with E-state index in [2.05, 4.69) is 9.97 Å². The number of hydrogen-bond donors (Lipinski definition) is 1. The van der Waals surface area contributed by atoms with Gasteiger partial charge in [-0.25, -0.2) is 9.97 Å². The lowest BCUT2D eigenvalue weighted by Crippen LogP contribution is -2.20. The molecular weight excluding hydrogens is 272 g/mol. The van der Waals surface area contributed by atoms with Gasteiger partial charge < -0.3 is 9.84 Å². The SMILES string of the molecule is Cc1cnc(SCC(O)COc2cccc(C)c2)nc1. The summed E-state index contributed by atoms with van der Waals surface area (Å²) < 4.78 is 5.55. The van der Waals surface area contributed by atoms with Gasteiger partial charge in [0.1, 0.15) is 12.4 Å². The van der Waals surface area contributed by atoms with Gasteiger partial charge in [0.05, 0.1) is 6.10 Å². The molecule has 1 atom stereocenters. The van der Waals surface area contributed by atoms with Gasteiger partial charge in [-0.15, -0.1) is 0 Å². The fraction of sp³-hybridized carbons (Fsp3) is 0.333. The standard InChI is InChI=1S/C15H18N2O2S/c1-11-4-3-5-14(6-11)19-9-13(18)10-20-15-16-7-12(2)8-17-15/h3-8,13,18H,9-10H2,1-2H3. The number of aliphatic hydroxyl groups is 1. The van der Waals surface area contributed by atoms with E-state index in [-0.39, 0.29) is 6.61 Å². The highest BCUT2D eigenvalue weighted by atomic mass is 32.2. The summed E-state index contributed by atoms with van der Waals surface area (Å²) in [6.07, 6.45) is 2.99. The van der Waals surface area contributed by atoms with E-state index in [9.17, 15) is 5.11 Å². The molecular formula is C15H18N2O2S. The Balaban J connectivity index is 1.75. The molecule has 1 N–H and O–H groups in total. The number of thioether (sulfide) groups is 1. The monoisotopic (exact) mass is 290 g/mol. The summed E-state index contributed by atoms with van der Waals surface area (Å²) >= 11 is 1.42. The summed E-state index contributed by atoms with van der Waals surface area (Å²) in [5.74, 6) is 1.29. The number of aliphatic hydroxyl groups excluding tert-OH is 1. The molecule has 0 aliphatic carbocycles. The lowest BCUT2D eigenvalue weighted by Gasteiger charge is -2.12. The summed E-state index contributed by atoms with van der Waals surface area (Å²) in [7, 11) is 0. The Morgan fingerprint density at radius 3 is 2.65 bits per heavy atom. The summed E-state index contributed by atoms with van der Waals surface area (Å²) in [5.41, 5.74) is 2.16. The van der Waals surface area contributed by atoms with Crippen LogP contribution in [-0.2, 0) is 0 Å². The third-order valence-electron chi connectivity index (χ3n) is 2.59. The summed E-state index contributed by atoms with van der Waals surface area (Å²) in [5, 5.41) is 10.6. The minimum absolute atomic E-state index is 0.266. The number of aromatic nitrogens is 2. The van der Waals surface area contributed by atoms with Gasteiger partial charge >= 0.3 is 0 Å². The molecule has 0 aliphatic rings. The minimum Gasteiger partial charge on any atom is -0.491 e. The van der Waals surface area contributed by atoms with E-state index in [0.717, 1.165) is 16.9 Å². The van der Waals surface area contributed by atoms with Gasteiger partial charge in [-0.3, -0.25) is 0 Å². The van der Waals surface area contributed by atoms with Crippen LogP contribution in [0.2, 0.25) is 0 Å². The maximum atomic E-state index is 9.89. The van der Waals surface area contributed by atoms with Crippen molar-refractivity contribution in [1.82, 2.24) is 9.97 Å². The van der Waals surface area contributed by atoms with E-state index >= 15 is 0 Å². The first-order chi connectivity index (χ1) is 9.63. The first kappa shape index (κ1) is 14.8. The van der Waals surface area contributed by atoms with Crippen LogP contribution in [0.1, 0.15) is 11.1 Å². The third kappa shape index (κ3) is 4.83. The van der Waals surface area contributed by atoms with E-state index in [1.54, 1.807) is 12.4 Å². The van der Waals surface area contributed by atoms with Crippen LogP contribution >= 0.6 is 11.8 Å².